The minimum absolute atomic E-state index is 0.164. The molecule has 100 valence electrons. The summed E-state index contributed by atoms with van der Waals surface area (Å²) >= 11 is 3.82. The molecular weight excluding hydrogens is 258 g/mol. The molecule has 3 amide bonds. The van der Waals surface area contributed by atoms with Crippen molar-refractivity contribution >= 4 is 36.6 Å². The molecule has 4 N–H and O–H groups in total. The van der Waals surface area contributed by atoms with Crippen LogP contribution in [0.5, 0.6) is 0 Å². The second-order valence-electron chi connectivity index (χ2n) is 4.42. The second kappa shape index (κ2) is 5.17. The number of nitrogens with two attached hydrogens (primary N) is 1. The maximum atomic E-state index is 11.4. The average molecular weight is 273 g/mol. The molecule has 0 unspecified atom stereocenters. The Morgan fingerprint density at radius 2 is 2.17 bits per heavy atom. The second-order valence-corrected chi connectivity index (χ2v) is 4.82. The number of aromatic amines is 1. The fourth-order valence-electron chi connectivity index (χ4n) is 1.01. The summed E-state index contributed by atoms with van der Waals surface area (Å²) in [5.74, 6) is 0.427. The van der Waals surface area contributed by atoms with Crippen molar-refractivity contribution in [2.75, 3.05) is 9.62 Å². The molecule has 0 fully saturated rings. The Labute approximate surface area is 109 Å². The van der Waals surface area contributed by atoms with Gasteiger partial charge in [-0.15, -0.1) is 0 Å². The van der Waals surface area contributed by atoms with Gasteiger partial charge in [-0.3, -0.25) is 10.4 Å². The summed E-state index contributed by atoms with van der Waals surface area (Å²) in [6.45, 7) is 5.23. The molecule has 0 aromatic carbocycles. The highest BCUT2D eigenvalue weighted by Gasteiger charge is 2.18. The van der Waals surface area contributed by atoms with Gasteiger partial charge in [-0.25, -0.2) is 13.9 Å². The summed E-state index contributed by atoms with van der Waals surface area (Å²) < 4.78 is 5.87. The number of nitrogens with zero attached hydrogens (tertiary/aromatic N) is 2. The Bertz CT molecular complexity index is 453. The number of hydrogen-bond donors (Lipinski definition) is 4. The molecule has 0 spiro atoms. The number of H-pyrrole nitrogens is 1. The number of nitrogens with one attached hydrogen (secondary N) is 2. The van der Waals surface area contributed by atoms with Gasteiger partial charge >= 0.3 is 12.1 Å². The zero-order valence-corrected chi connectivity index (χ0v) is 11.1. The molecule has 1 rings (SSSR count). The van der Waals surface area contributed by atoms with Crippen LogP contribution < -0.4 is 15.4 Å². The first kappa shape index (κ1) is 14.2. The van der Waals surface area contributed by atoms with Crippen LogP contribution in [0.25, 0.3) is 0 Å². The van der Waals surface area contributed by atoms with E-state index in [0.717, 1.165) is 4.31 Å². The van der Waals surface area contributed by atoms with Crippen LogP contribution in [-0.2, 0) is 4.74 Å². The number of carbonyl (C=O) groups is 2. The van der Waals surface area contributed by atoms with Crippen LogP contribution in [0.4, 0.5) is 21.2 Å². The largest absolute Gasteiger partial charge is 0.444 e. The molecule has 0 saturated carbocycles. The van der Waals surface area contributed by atoms with Crippen LogP contribution in [-0.4, -0.2) is 27.9 Å². The van der Waals surface area contributed by atoms with Crippen LogP contribution in [0.1, 0.15) is 20.8 Å². The summed E-state index contributed by atoms with van der Waals surface area (Å²) in [6.07, 6.45) is -0.637. The predicted octanol–water partition coefficient (Wildman–Crippen LogP) is 1.49. The van der Waals surface area contributed by atoms with E-state index in [1.54, 1.807) is 20.8 Å². The predicted molar refractivity (Wildman–Crippen MR) is 69.5 cm³/mol. The van der Waals surface area contributed by atoms with Crippen molar-refractivity contribution < 1.29 is 14.3 Å². The summed E-state index contributed by atoms with van der Waals surface area (Å²) in [4.78, 5) is 22.3. The molecule has 8 nitrogen and oxygen atoms in total. The van der Waals surface area contributed by atoms with Crippen LogP contribution in [0.3, 0.4) is 0 Å². The first-order chi connectivity index (χ1) is 8.19. The van der Waals surface area contributed by atoms with E-state index < -0.39 is 17.7 Å². The van der Waals surface area contributed by atoms with Crippen molar-refractivity contribution in [2.24, 2.45) is 5.73 Å². The van der Waals surface area contributed by atoms with Gasteiger partial charge in [-0.05, 0) is 20.8 Å². The van der Waals surface area contributed by atoms with Crippen molar-refractivity contribution in [3.63, 3.8) is 0 Å². The fourth-order valence-corrected chi connectivity index (χ4v) is 1.11. The smallest absolute Gasteiger partial charge is 0.413 e. The van der Waals surface area contributed by atoms with Crippen molar-refractivity contribution in [1.29, 1.82) is 0 Å². The lowest BCUT2D eigenvalue weighted by Gasteiger charge is -2.19. The van der Waals surface area contributed by atoms with Gasteiger partial charge in [0.05, 0.1) is 0 Å². The van der Waals surface area contributed by atoms with Gasteiger partial charge in [0.25, 0.3) is 0 Å². The first-order valence-corrected chi connectivity index (χ1v) is 5.43. The number of hydrogen-bond acceptors (Lipinski definition) is 5. The number of ether oxygens (including phenoxy) is 1. The Hall–Kier alpha value is -1.90. The average Bonchev–Trinajstić information content (AvgIpc) is 2.61. The van der Waals surface area contributed by atoms with Gasteiger partial charge in [0.2, 0.25) is 0 Å². The van der Waals surface area contributed by atoms with E-state index >= 15 is 0 Å². The van der Waals surface area contributed by atoms with E-state index in [2.05, 4.69) is 28.3 Å². The summed E-state index contributed by atoms with van der Waals surface area (Å²) in [7, 11) is 0. The molecule has 0 aliphatic heterocycles. The molecule has 0 atom stereocenters. The van der Waals surface area contributed by atoms with E-state index in [-0.39, 0.29) is 11.6 Å². The Kier molecular flexibility index (Phi) is 4.07. The standard InChI is InChI=1S/C9H15N5O3S/c1-9(2,3)17-8(16)11-5-4-6(13-12-5)14(18)7(10)15/h4,18H,1-3H3,(H2,10,15)(H2,11,12,13,16). The number of anilines is 2. The molecule has 1 heterocycles. The minimum atomic E-state index is -0.784. The monoisotopic (exact) mass is 273 g/mol. The molecule has 0 saturated heterocycles. The lowest BCUT2D eigenvalue weighted by molar-refractivity contribution is 0.0635. The summed E-state index contributed by atoms with van der Waals surface area (Å²) in [5, 5.41) is 8.66. The molecule has 0 bridgehead atoms. The fraction of sp³-hybridized carbons (Fsp3) is 0.444. The SMILES string of the molecule is CC(C)(C)OC(=O)Nc1cc(N(S)C(N)=O)n[nH]1. The highest BCUT2D eigenvalue weighted by atomic mass is 32.1. The van der Waals surface area contributed by atoms with Crippen molar-refractivity contribution in [2.45, 2.75) is 26.4 Å². The lowest BCUT2D eigenvalue weighted by atomic mass is 10.2. The third kappa shape index (κ3) is 4.17. The van der Waals surface area contributed by atoms with Gasteiger partial charge in [-0.2, -0.15) is 5.10 Å². The number of thiol groups is 1. The molecule has 0 aliphatic carbocycles. The Morgan fingerprint density at radius 1 is 1.56 bits per heavy atom. The number of carbonyl (C=O) groups excluding carboxylic acids is 2. The molecule has 1 aromatic rings. The van der Waals surface area contributed by atoms with Crippen LogP contribution >= 0.6 is 12.8 Å². The van der Waals surface area contributed by atoms with Gasteiger partial charge < -0.3 is 10.5 Å². The quantitative estimate of drug-likeness (QED) is 0.611. The number of rotatable bonds is 2. The van der Waals surface area contributed by atoms with Crippen molar-refractivity contribution in [1.82, 2.24) is 10.2 Å². The van der Waals surface area contributed by atoms with Gasteiger partial charge in [0.1, 0.15) is 11.4 Å². The van der Waals surface area contributed by atoms with Gasteiger partial charge in [0, 0.05) is 6.07 Å². The maximum absolute atomic E-state index is 11.4. The summed E-state index contributed by atoms with van der Waals surface area (Å²) in [5.41, 5.74) is 4.40. The number of primary amides is 1. The van der Waals surface area contributed by atoms with E-state index in [0.29, 0.717) is 0 Å². The first-order valence-electron chi connectivity index (χ1n) is 5.03. The molecule has 0 radical (unpaired) electrons. The van der Waals surface area contributed by atoms with E-state index in [9.17, 15) is 9.59 Å². The van der Waals surface area contributed by atoms with Gasteiger partial charge in [0.15, 0.2) is 5.82 Å². The van der Waals surface area contributed by atoms with Gasteiger partial charge in [-0.1, -0.05) is 12.8 Å². The molecule has 1 aromatic heterocycles. The third-order valence-electron chi connectivity index (χ3n) is 1.63. The highest BCUT2D eigenvalue weighted by molar-refractivity contribution is 7.82. The Morgan fingerprint density at radius 3 is 2.67 bits per heavy atom. The van der Waals surface area contributed by atoms with Crippen LogP contribution in [0, 0.1) is 0 Å². The zero-order valence-electron chi connectivity index (χ0n) is 10.2. The highest BCUT2D eigenvalue weighted by Crippen LogP contribution is 2.17. The van der Waals surface area contributed by atoms with Crippen LogP contribution in [0.2, 0.25) is 0 Å². The van der Waals surface area contributed by atoms with Crippen molar-refractivity contribution in [3.05, 3.63) is 6.07 Å². The summed E-state index contributed by atoms with van der Waals surface area (Å²) in [6, 6.07) is 0.607. The van der Waals surface area contributed by atoms with Crippen molar-refractivity contribution in [3.8, 4) is 0 Å². The lowest BCUT2D eigenvalue weighted by Crippen LogP contribution is -2.27. The zero-order chi connectivity index (χ0) is 13.9. The minimum Gasteiger partial charge on any atom is -0.444 e. The molecular formula is C9H15N5O3S. The number of amides is 3. The molecule has 18 heavy (non-hydrogen) atoms. The van der Waals surface area contributed by atoms with E-state index in [4.69, 9.17) is 10.5 Å². The Balaban J connectivity index is 2.65. The number of aromatic nitrogens is 2. The van der Waals surface area contributed by atoms with Crippen LogP contribution in [0.15, 0.2) is 6.07 Å². The maximum Gasteiger partial charge on any atom is 0.413 e. The molecule has 0 aliphatic rings. The van der Waals surface area contributed by atoms with E-state index in [1.807, 2.05) is 0 Å². The topological polar surface area (TPSA) is 113 Å². The third-order valence-corrected chi connectivity index (χ3v) is 2.03. The normalized spacial score (nSPS) is 10.9. The number of urea groups is 1. The molecule has 9 heteroatoms. The van der Waals surface area contributed by atoms with E-state index in [1.165, 1.54) is 6.07 Å².